The first-order chi connectivity index (χ1) is 13.4. The van der Waals surface area contributed by atoms with E-state index in [9.17, 15) is 0 Å². The third-order valence-electron chi connectivity index (χ3n) is 6.28. The molecule has 0 aromatic heterocycles. The van der Waals surface area contributed by atoms with E-state index < -0.39 is 0 Å². The highest BCUT2D eigenvalue weighted by Gasteiger charge is 2.21. The molecule has 0 spiro atoms. The maximum absolute atomic E-state index is 8.33. The van der Waals surface area contributed by atoms with Crippen molar-refractivity contribution in [3.63, 3.8) is 0 Å². The summed E-state index contributed by atoms with van der Waals surface area (Å²) in [6.07, 6.45) is 4.80. The molecule has 140 valence electrons. The van der Waals surface area contributed by atoms with Gasteiger partial charge in [0.15, 0.2) is 0 Å². The number of nitrogens with one attached hydrogen (secondary N) is 1. The summed E-state index contributed by atoms with van der Waals surface area (Å²) in [6.45, 7) is 10.9. The first-order valence-electron chi connectivity index (χ1n) is 9.93. The summed E-state index contributed by atoms with van der Waals surface area (Å²) in [5.74, 6) is 0. The number of aryl methyl sites for hydroxylation is 1. The Morgan fingerprint density at radius 2 is 1.61 bits per heavy atom. The molecule has 0 unspecified atom stereocenters. The van der Waals surface area contributed by atoms with E-state index in [4.69, 9.17) is 5.41 Å². The predicted molar refractivity (Wildman–Crippen MR) is 122 cm³/mol. The first kappa shape index (κ1) is 18.4. The molecule has 4 rings (SSSR count). The fourth-order valence-electron chi connectivity index (χ4n) is 4.51. The van der Waals surface area contributed by atoms with Crippen LogP contribution in [0.5, 0.6) is 0 Å². The lowest BCUT2D eigenvalue weighted by atomic mass is 9.83. The Balaban J connectivity index is 2.13. The van der Waals surface area contributed by atoms with Crippen LogP contribution in [0.4, 0.5) is 0 Å². The van der Waals surface area contributed by atoms with Crippen LogP contribution >= 0.6 is 0 Å². The van der Waals surface area contributed by atoms with Gasteiger partial charge in [0.05, 0.1) is 0 Å². The van der Waals surface area contributed by atoms with Crippen LogP contribution in [-0.4, -0.2) is 6.21 Å². The highest BCUT2D eigenvalue weighted by Crippen LogP contribution is 2.42. The van der Waals surface area contributed by atoms with Gasteiger partial charge in [-0.15, -0.1) is 0 Å². The second kappa shape index (κ2) is 6.91. The van der Waals surface area contributed by atoms with Gasteiger partial charge in [-0.2, -0.15) is 0 Å². The SMILES string of the molecule is CC1=CC(C)=C(c2cc3ccccc3c(-c3ccc(C)c(C)c3C)c2C=N)C1. The molecule has 1 nitrogen and oxygen atoms in total. The van der Waals surface area contributed by atoms with Gasteiger partial charge in [0.1, 0.15) is 0 Å². The third kappa shape index (κ3) is 2.82. The van der Waals surface area contributed by atoms with Crippen molar-refractivity contribution in [2.24, 2.45) is 0 Å². The molecule has 0 radical (unpaired) electrons. The minimum Gasteiger partial charge on any atom is -0.308 e. The summed E-state index contributed by atoms with van der Waals surface area (Å²) in [5, 5.41) is 10.8. The largest absolute Gasteiger partial charge is 0.308 e. The zero-order valence-corrected chi connectivity index (χ0v) is 17.4. The topological polar surface area (TPSA) is 23.9 Å². The van der Waals surface area contributed by atoms with Crippen LogP contribution in [0.2, 0.25) is 0 Å². The summed E-state index contributed by atoms with van der Waals surface area (Å²) >= 11 is 0. The van der Waals surface area contributed by atoms with Gasteiger partial charge in [0, 0.05) is 11.8 Å². The van der Waals surface area contributed by atoms with Crippen LogP contribution in [0, 0.1) is 26.2 Å². The van der Waals surface area contributed by atoms with Crippen LogP contribution in [0.25, 0.3) is 27.5 Å². The molecule has 0 heterocycles. The molecule has 3 aromatic rings. The van der Waals surface area contributed by atoms with Crippen molar-refractivity contribution >= 4 is 22.6 Å². The smallest absolute Gasteiger partial charge is 0.0262 e. The van der Waals surface area contributed by atoms with Crippen LogP contribution in [-0.2, 0) is 0 Å². The number of allylic oxidation sites excluding steroid dienone is 4. The lowest BCUT2D eigenvalue weighted by Crippen LogP contribution is -2.00. The molecular formula is C27H27N. The Morgan fingerprint density at radius 3 is 2.29 bits per heavy atom. The van der Waals surface area contributed by atoms with E-state index in [2.05, 4.69) is 83.2 Å². The maximum atomic E-state index is 8.33. The van der Waals surface area contributed by atoms with Gasteiger partial charge in [-0.25, -0.2) is 0 Å². The fraction of sp³-hybridized carbons (Fsp3) is 0.222. The van der Waals surface area contributed by atoms with Gasteiger partial charge < -0.3 is 5.41 Å². The van der Waals surface area contributed by atoms with Gasteiger partial charge in [-0.05, 0) is 102 Å². The average molecular weight is 366 g/mol. The Labute approximate surface area is 167 Å². The zero-order chi connectivity index (χ0) is 20.0. The number of hydrogen-bond acceptors (Lipinski definition) is 1. The van der Waals surface area contributed by atoms with Crippen LogP contribution < -0.4 is 0 Å². The molecular weight excluding hydrogens is 338 g/mol. The quantitative estimate of drug-likeness (QED) is 0.463. The number of benzene rings is 3. The van der Waals surface area contributed by atoms with Gasteiger partial charge in [-0.1, -0.05) is 48.0 Å². The minimum absolute atomic E-state index is 0.969. The van der Waals surface area contributed by atoms with Gasteiger partial charge in [-0.3, -0.25) is 0 Å². The second-order valence-electron chi connectivity index (χ2n) is 8.09. The van der Waals surface area contributed by atoms with Crippen molar-refractivity contribution in [2.45, 2.75) is 41.0 Å². The van der Waals surface area contributed by atoms with E-state index in [-0.39, 0.29) is 0 Å². The molecule has 0 saturated heterocycles. The molecule has 1 N–H and O–H groups in total. The molecule has 0 bridgehead atoms. The third-order valence-corrected chi connectivity index (χ3v) is 6.28. The van der Waals surface area contributed by atoms with Gasteiger partial charge >= 0.3 is 0 Å². The second-order valence-corrected chi connectivity index (χ2v) is 8.09. The molecule has 3 aromatic carbocycles. The standard InChI is InChI=1S/C27H27N/c1-16-12-18(3)24(13-16)25-14-21-8-6-7-9-23(21)27(26(25)15-28)22-11-10-17(2)19(4)20(22)5/h6-12,14-15,28H,13H2,1-5H3. The Morgan fingerprint density at radius 1 is 0.857 bits per heavy atom. The summed E-state index contributed by atoms with van der Waals surface area (Å²) in [4.78, 5) is 0. The molecule has 1 aliphatic carbocycles. The van der Waals surface area contributed by atoms with Crippen LogP contribution in [0.15, 0.2) is 59.7 Å². The Bertz CT molecular complexity index is 1190. The Hall–Kier alpha value is -2.93. The van der Waals surface area contributed by atoms with E-state index in [1.807, 2.05) is 0 Å². The number of rotatable bonds is 3. The van der Waals surface area contributed by atoms with Crippen LogP contribution in [0.3, 0.4) is 0 Å². The zero-order valence-electron chi connectivity index (χ0n) is 17.4. The first-order valence-corrected chi connectivity index (χ1v) is 9.93. The molecule has 0 amide bonds. The van der Waals surface area contributed by atoms with Gasteiger partial charge in [0.25, 0.3) is 0 Å². The predicted octanol–water partition coefficient (Wildman–Crippen LogP) is 7.55. The van der Waals surface area contributed by atoms with Crippen LogP contribution in [0.1, 0.15) is 48.1 Å². The van der Waals surface area contributed by atoms with E-state index in [0.29, 0.717) is 0 Å². The molecule has 0 atom stereocenters. The molecule has 28 heavy (non-hydrogen) atoms. The van der Waals surface area contributed by atoms with Crippen molar-refractivity contribution < 1.29 is 0 Å². The molecule has 1 heteroatoms. The van der Waals surface area contributed by atoms with E-state index in [1.54, 1.807) is 6.21 Å². The van der Waals surface area contributed by atoms with E-state index in [1.165, 1.54) is 60.9 Å². The Kier molecular flexibility index (Phi) is 4.55. The maximum Gasteiger partial charge on any atom is 0.0262 e. The lowest BCUT2D eigenvalue weighted by Gasteiger charge is -2.20. The summed E-state index contributed by atoms with van der Waals surface area (Å²) in [7, 11) is 0. The van der Waals surface area contributed by atoms with Crippen molar-refractivity contribution in [2.75, 3.05) is 0 Å². The van der Waals surface area contributed by atoms with Crippen molar-refractivity contribution in [3.8, 4) is 11.1 Å². The average Bonchev–Trinajstić information content (AvgIpc) is 3.03. The normalized spacial score (nSPS) is 14.0. The highest BCUT2D eigenvalue weighted by molar-refractivity contribution is 6.09. The number of fused-ring (bicyclic) bond motifs is 1. The van der Waals surface area contributed by atoms with Gasteiger partial charge in [0.2, 0.25) is 0 Å². The monoisotopic (exact) mass is 365 g/mol. The minimum atomic E-state index is 0.969. The van der Waals surface area contributed by atoms with Crippen molar-refractivity contribution in [1.29, 1.82) is 5.41 Å². The van der Waals surface area contributed by atoms with Crippen molar-refractivity contribution in [3.05, 3.63) is 87.5 Å². The number of hydrogen-bond donors (Lipinski definition) is 1. The van der Waals surface area contributed by atoms with Crippen molar-refractivity contribution in [1.82, 2.24) is 0 Å². The highest BCUT2D eigenvalue weighted by atomic mass is 14.4. The molecule has 0 fully saturated rings. The molecule has 0 saturated carbocycles. The van der Waals surface area contributed by atoms with E-state index in [0.717, 1.165) is 12.0 Å². The fourth-order valence-corrected chi connectivity index (χ4v) is 4.51. The lowest BCUT2D eigenvalue weighted by molar-refractivity contribution is 1.26. The van der Waals surface area contributed by atoms with E-state index >= 15 is 0 Å². The summed E-state index contributed by atoms with van der Waals surface area (Å²) in [5.41, 5.74) is 12.7. The summed E-state index contributed by atoms with van der Waals surface area (Å²) in [6, 6.07) is 15.3. The summed E-state index contributed by atoms with van der Waals surface area (Å²) < 4.78 is 0. The molecule has 1 aliphatic rings. The molecule has 0 aliphatic heterocycles.